The van der Waals surface area contributed by atoms with Crippen LogP contribution in [0.15, 0.2) is 36.5 Å². The summed E-state index contributed by atoms with van der Waals surface area (Å²) in [6.07, 6.45) is 26.5. The highest BCUT2D eigenvalue weighted by Gasteiger charge is 2.51. The number of phosphoric acid groups is 1. The maximum absolute atomic E-state index is 12.8. The van der Waals surface area contributed by atoms with Crippen LogP contribution in [-0.4, -0.2) is 111 Å². The molecule has 1 aliphatic carbocycles. The summed E-state index contributed by atoms with van der Waals surface area (Å²) in [7, 11) is -5.14. The van der Waals surface area contributed by atoms with Crippen molar-refractivity contribution >= 4 is 19.8 Å². The van der Waals surface area contributed by atoms with Crippen LogP contribution in [0.2, 0.25) is 0 Å². The molecular formula is C47H83O14P. The number of unbranched alkanes of at least 4 members (excludes halogenated alkanes) is 18. The zero-order valence-corrected chi connectivity index (χ0v) is 38.8. The monoisotopic (exact) mass is 903 g/mol. The Kier molecular flexibility index (Phi) is 31.1. The van der Waals surface area contributed by atoms with E-state index in [9.17, 15) is 44.6 Å². The van der Waals surface area contributed by atoms with Crippen molar-refractivity contribution in [1.82, 2.24) is 0 Å². The van der Waals surface area contributed by atoms with E-state index < -0.39 is 75.7 Å². The van der Waals surface area contributed by atoms with Crippen molar-refractivity contribution in [3.05, 3.63) is 36.5 Å². The number of carbonyl (C=O) groups is 2. The summed E-state index contributed by atoms with van der Waals surface area (Å²) in [4.78, 5) is 35.8. The zero-order chi connectivity index (χ0) is 45.4. The molecule has 1 saturated carbocycles. The number of esters is 2. The maximum atomic E-state index is 12.8. The van der Waals surface area contributed by atoms with Gasteiger partial charge in [-0.2, -0.15) is 0 Å². The number of rotatable bonds is 38. The van der Waals surface area contributed by atoms with Gasteiger partial charge in [-0.05, 0) is 51.4 Å². The van der Waals surface area contributed by atoms with Crippen molar-refractivity contribution in [2.45, 2.75) is 236 Å². The van der Waals surface area contributed by atoms with Gasteiger partial charge < -0.3 is 44.6 Å². The van der Waals surface area contributed by atoms with Crippen LogP contribution < -0.4 is 0 Å². The highest BCUT2D eigenvalue weighted by Crippen LogP contribution is 2.47. The van der Waals surface area contributed by atoms with Crippen LogP contribution in [0.4, 0.5) is 0 Å². The first-order valence-corrected chi connectivity index (χ1v) is 25.4. The quantitative estimate of drug-likeness (QED) is 0.0113. The first-order valence-electron chi connectivity index (χ1n) is 23.9. The Labute approximate surface area is 372 Å². The van der Waals surface area contributed by atoms with E-state index in [0.717, 1.165) is 44.9 Å². The lowest BCUT2D eigenvalue weighted by molar-refractivity contribution is -0.220. The number of aliphatic hydroxyl groups excluding tert-OH is 5. The molecule has 14 nitrogen and oxygen atoms in total. The normalized spacial score (nSPS) is 25.4. The van der Waals surface area contributed by atoms with E-state index in [4.69, 9.17) is 23.3 Å². The molecular weight excluding hydrogens is 819 g/mol. The molecule has 1 saturated heterocycles. The molecule has 0 bridgehead atoms. The second-order valence-electron chi connectivity index (χ2n) is 17.0. The van der Waals surface area contributed by atoms with E-state index in [2.05, 4.69) is 38.2 Å². The second kappa shape index (κ2) is 34.4. The molecule has 0 amide bonds. The number of aliphatic hydroxyl groups is 5. The first-order chi connectivity index (χ1) is 29.9. The second-order valence-corrected chi connectivity index (χ2v) is 18.4. The van der Waals surface area contributed by atoms with Crippen molar-refractivity contribution in [3.8, 4) is 0 Å². The minimum atomic E-state index is -5.14. The van der Waals surface area contributed by atoms with Crippen LogP contribution in [0, 0.1) is 0 Å². The maximum Gasteiger partial charge on any atom is 0.472 e. The van der Waals surface area contributed by atoms with Crippen molar-refractivity contribution in [2.75, 3.05) is 13.2 Å². The van der Waals surface area contributed by atoms with E-state index in [1.54, 1.807) is 0 Å². The summed E-state index contributed by atoms with van der Waals surface area (Å²) in [5.41, 5.74) is 0. The summed E-state index contributed by atoms with van der Waals surface area (Å²) in [6.45, 7) is 3.22. The van der Waals surface area contributed by atoms with Crippen molar-refractivity contribution in [2.24, 2.45) is 0 Å². The third-order valence-electron chi connectivity index (χ3n) is 11.4. The summed E-state index contributed by atoms with van der Waals surface area (Å²) in [6, 6.07) is 0. The minimum absolute atomic E-state index is 0.0140. The summed E-state index contributed by atoms with van der Waals surface area (Å²) in [5, 5.41) is 50.2. The first kappa shape index (κ1) is 56.2. The number of phosphoric ester groups is 1. The number of hydrogen-bond acceptors (Lipinski definition) is 13. The predicted molar refractivity (Wildman–Crippen MR) is 239 cm³/mol. The van der Waals surface area contributed by atoms with Crippen molar-refractivity contribution in [1.29, 1.82) is 0 Å². The van der Waals surface area contributed by atoms with Gasteiger partial charge in [0.25, 0.3) is 0 Å². The van der Waals surface area contributed by atoms with Gasteiger partial charge in [-0.1, -0.05) is 153 Å². The van der Waals surface area contributed by atoms with E-state index in [1.165, 1.54) is 89.9 Å². The lowest BCUT2D eigenvalue weighted by atomic mass is 9.85. The third-order valence-corrected chi connectivity index (χ3v) is 12.4. The molecule has 0 spiro atoms. The molecule has 2 fully saturated rings. The molecule has 2 aliphatic rings. The molecule has 0 radical (unpaired) electrons. The fourth-order valence-corrected chi connectivity index (χ4v) is 8.35. The molecule has 360 valence electrons. The van der Waals surface area contributed by atoms with Gasteiger partial charge >= 0.3 is 19.8 Å². The van der Waals surface area contributed by atoms with E-state index >= 15 is 0 Å². The zero-order valence-electron chi connectivity index (χ0n) is 37.9. The van der Waals surface area contributed by atoms with Crippen LogP contribution in [0.5, 0.6) is 0 Å². The van der Waals surface area contributed by atoms with Gasteiger partial charge in [0.15, 0.2) is 6.10 Å². The smallest absolute Gasteiger partial charge is 0.462 e. The van der Waals surface area contributed by atoms with Crippen LogP contribution in [0.25, 0.3) is 0 Å². The van der Waals surface area contributed by atoms with E-state index in [0.29, 0.717) is 19.3 Å². The molecule has 6 N–H and O–H groups in total. The lowest BCUT2D eigenvalue weighted by Crippen LogP contribution is -2.64. The number of allylic oxidation sites excluding steroid dienone is 4. The van der Waals surface area contributed by atoms with Gasteiger partial charge in [-0.15, -0.1) is 0 Å². The predicted octanol–water partition coefficient (Wildman–Crippen LogP) is 8.38. The molecule has 0 aromatic rings. The molecule has 1 heterocycles. The summed E-state index contributed by atoms with van der Waals surface area (Å²) in [5.74, 6) is -1.17. The Morgan fingerprint density at radius 2 is 1.02 bits per heavy atom. The fourth-order valence-electron chi connectivity index (χ4n) is 7.38. The topological polar surface area (TPSA) is 222 Å². The Morgan fingerprint density at radius 1 is 0.565 bits per heavy atom. The van der Waals surface area contributed by atoms with Gasteiger partial charge in [-0.3, -0.25) is 18.6 Å². The van der Waals surface area contributed by atoms with Gasteiger partial charge in [0.05, 0.1) is 18.8 Å². The highest BCUT2D eigenvalue weighted by atomic mass is 31.2. The molecule has 8 atom stereocenters. The minimum Gasteiger partial charge on any atom is -0.462 e. The number of carbonyl (C=O) groups excluding carboxylic acids is 2. The van der Waals surface area contributed by atoms with Gasteiger partial charge in [0, 0.05) is 12.8 Å². The molecule has 62 heavy (non-hydrogen) atoms. The van der Waals surface area contributed by atoms with Crippen molar-refractivity contribution in [3.63, 3.8) is 0 Å². The molecule has 8 unspecified atom stereocenters. The molecule has 0 aromatic carbocycles. The van der Waals surface area contributed by atoms with Gasteiger partial charge in [-0.25, -0.2) is 4.57 Å². The SMILES string of the molecule is CCCCC/C=C\C/C=C\CC1OC1C/C=C\CCCC(=O)OC(COC(=O)CCCCCCCCCCCCCCCCC)COP(=O)(O)OC1C(O)C(O)C(O)C(O)C1O. The number of epoxide rings is 1. The largest absolute Gasteiger partial charge is 0.472 e. The van der Waals surface area contributed by atoms with Gasteiger partial charge in [0.2, 0.25) is 0 Å². The summed E-state index contributed by atoms with van der Waals surface area (Å²) < 4.78 is 39.3. The Hall–Kier alpha value is -1.97. The van der Waals surface area contributed by atoms with E-state index in [-0.39, 0.29) is 25.0 Å². The van der Waals surface area contributed by atoms with Crippen molar-refractivity contribution < 1.29 is 67.8 Å². The number of ether oxygens (including phenoxy) is 3. The van der Waals surface area contributed by atoms with Crippen LogP contribution >= 0.6 is 7.82 Å². The molecule has 2 rings (SSSR count). The van der Waals surface area contributed by atoms with Gasteiger partial charge in [0.1, 0.15) is 43.2 Å². The van der Waals surface area contributed by atoms with Crippen LogP contribution in [0.1, 0.15) is 181 Å². The molecule has 0 aromatic heterocycles. The third kappa shape index (κ3) is 26.1. The molecule has 1 aliphatic heterocycles. The number of hydrogen-bond donors (Lipinski definition) is 6. The lowest BCUT2D eigenvalue weighted by Gasteiger charge is -2.41. The molecule has 15 heteroatoms. The Morgan fingerprint density at radius 3 is 1.60 bits per heavy atom. The van der Waals surface area contributed by atoms with Crippen LogP contribution in [0.3, 0.4) is 0 Å². The van der Waals surface area contributed by atoms with Crippen LogP contribution in [-0.2, 0) is 37.4 Å². The highest BCUT2D eigenvalue weighted by molar-refractivity contribution is 7.47. The summed E-state index contributed by atoms with van der Waals surface area (Å²) >= 11 is 0. The standard InChI is InChI=1S/C47H83O14P/c1-3-5-7-9-11-13-14-15-16-17-18-20-22-24-29-33-40(48)57-35-37(36-58-62(55,56)61-47-45(53)43(51)42(50)44(52)46(47)54)59-41(49)34-30-26-25-28-32-39-38(60-39)31-27-23-21-19-12-10-8-6-4-2/h12,19,23,25,27-28,37-39,42-47,50-54H,3-11,13-18,20-22,24,26,29-36H2,1-2H3,(H,55,56)/b19-12-,27-23-,28-25-. The average Bonchev–Trinajstić information content (AvgIpc) is 4.01. The van der Waals surface area contributed by atoms with E-state index in [1.807, 2.05) is 12.2 Å². The average molecular weight is 903 g/mol. The fraction of sp³-hybridized carbons (Fsp3) is 0.830. The Balaban J connectivity index is 1.73. The Bertz CT molecular complexity index is 1290.